The maximum Gasteiger partial charge on any atom is 0.234 e. The normalized spacial score (nSPS) is 18.0. The Morgan fingerprint density at radius 3 is 2.38 bits per heavy atom. The van der Waals surface area contributed by atoms with Gasteiger partial charge in [0.05, 0.1) is 33.6 Å². The molecule has 14 nitrogen and oxygen atoms in total. The van der Waals surface area contributed by atoms with Gasteiger partial charge >= 0.3 is 0 Å². The highest BCUT2D eigenvalue weighted by atomic mass is 32.2. The molecular formula is C44H48FN9O5S2. The number of anilines is 3. The first-order valence-electron chi connectivity index (χ1n) is 20.8. The van der Waals surface area contributed by atoms with E-state index in [1.54, 1.807) is 31.3 Å². The number of imide groups is 1. The number of thiazole rings is 1. The summed E-state index contributed by atoms with van der Waals surface area (Å²) in [7, 11) is -3.74. The van der Waals surface area contributed by atoms with Gasteiger partial charge in [-0.2, -0.15) is 0 Å². The van der Waals surface area contributed by atoms with Crippen LogP contribution in [0.2, 0.25) is 0 Å². The first-order valence-corrected chi connectivity index (χ1v) is 23.2. The molecule has 0 unspecified atom stereocenters. The van der Waals surface area contributed by atoms with Gasteiger partial charge in [0, 0.05) is 62.5 Å². The molecule has 6 heterocycles. The molecule has 3 amide bonds. The summed E-state index contributed by atoms with van der Waals surface area (Å²) in [5, 5.41) is 3.05. The van der Waals surface area contributed by atoms with Crippen LogP contribution >= 0.6 is 11.3 Å². The van der Waals surface area contributed by atoms with Crippen LogP contribution in [0.3, 0.4) is 0 Å². The third kappa shape index (κ3) is 9.57. The number of nitrogens with zero attached hydrogens (tertiary/aromatic N) is 6. The van der Waals surface area contributed by atoms with E-state index in [-0.39, 0.29) is 46.6 Å². The number of carbonyl (C=O) groups excluding carboxylic acids is 3. The molecule has 61 heavy (non-hydrogen) atoms. The number of amides is 3. The van der Waals surface area contributed by atoms with Crippen LogP contribution in [0.5, 0.6) is 0 Å². The van der Waals surface area contributed by atoms with Crippen LogP contribution < -0.4 is 20.7 Å². The lowest BCUT2D eigenvalue weighted by Gasteiger charge is -2.36. The number of aromatic nitrogens is 4. The zero-order valence-corrected chi connectivity index (χ0v) is 35.5. The Labute approximate surface area is 358 Å². The number of likely N-dealkylation sites (tertiary alicyclic amines) is 1. The van der Waals surface area contributed by atoms with Gasteiger partial charge in [-0.25, -0.2) is 32.7 Å². The van der Waals surface area contributed by atoms with Gasteiger partial charge in [0.2, 0.25) is 33.7 Å². The van der Waals surface area contributed by atoms with Crippen LogP contribution in [-0.4, -0.2) is 82.9 Å². The van der Waals surface area contributed by atoms with E-state index in [0.717, 1.165) is 55.7 Å². The fourth-order valence-electron chi connectivity index (χ4n) is 8.49. The van der Waals surface area contributed by atoms with E-state index in [1.165, 1.54) is 29.2 Å². The fraction of sp³-hybridized carbons (Fsp3) is 0.386. The maximum atomic E-state index is 16.1. The second kappa shape index (κ2) is 18.0. The molecule has 318 valence electrons. The minimum atomic E-state index is -3.74. The molecule has 0 saturated carbocycles. The minimum Gasteiger partial charge on any atom is -0.368 e. The van der Waals surface area contributed by atoms with Crippen molar-refractivity contribution < 1.29 is 27.2 Å². The van der Waals surface area contributed by atoms with Crippen molar-refractivity contribution >= 4 is 56.5 Å². The van der Waals surface area contributed by atoms with E-state index in [0.29, 0.717) is 71.9 Å². The van der Waals surface area contributed by atoms with Gasteiger partial charge in [0.15, 0.2) is 5.82 Å². The average molecular weight is 866 g/mol. The number of carbonyl (C=O) groups is 3. The van der Waals surface area contributed by atoms with Gasteiger partial charge in [0.1, 0.15) is 10.8 Å². The lowest BCUT2D eigenvalue weighted by molar-refractivity contribution is -0.135. The van der Waals surface area contributed by atoms with Gasteiger partial charge in [-0.05, 0) is 85.8 Å². The molecule has 2 aromatic carbocycles. The number of benzene rings is 2. The molecule has 3 aromatic heterocycles. The van der Waals surface area contributed by atoms with Crippen molar-refractivity contribution in [2.24, 2.45) is 5.92 Å². The third-order valence-corrected chi connectivity index (χ3v) is 14.4. The quantitative estimate of drug-likeness (QED) is 0.113. The predicted molar refractivity (Wildman–Crippen MR) is 234 cm³/mol. The van der Waals surface area contributed by atoms with Crippen LogP contribution in [0.15, 0.2) is 73.1 Å². The van der Waals surface area contributed by atoms with Gasteiger partial charge in [-0.1, -0.05) is 43.3 Å². The van der Waals surface area contributed by atoms with Crippen molar-refractivity contribution in [2.75, 3.05) is 47.3 Å². The molecule has 4 N–H and O–H groups in total. The zero-order chi connectivity index (χ0) is 42.7. The zero-order valence-electron chi connectivity index (χ0n) is 33.8. The lowest BCUT2D eigenvalue weighted by Crippen LogP contribution is -2.40. The van der Waals surface area contributed by atoms with Crippen LogP contribution in [0, 0.1) is 11.7 Å². The number of nitrogens with one attached hydrogen (secondary N) is 2. The van der Waals surface area contributed by atoms with Crippen molar-refractivity contribution in [3.8, 4) is 32.4 Å². The summed E-state index contributed by atoms with van der Waals surface area (Å²) in [6, 6.07) is 18.3. The Morgan fingerprint density at radius 1 is 0.934 bits per heavy atom. The molecule has 8 rings (SSSR count). The number of nitrogen functional groups attached to an aromatic ring is 1. The molecule has 0 bridgehead atoms. The summed E-state index contributed by atoms with van der Waals surface area (Å²) < 4.78 is 43.5. The summed E-state index contributed by atoms with van der Waals surface area (Å²) in [5.41, 5.74) is 9.52. The molecule has 1 atom stereocenters. The maximum absolute atomic E-state index is 16.1. The Hall–Kier alpha value is -5.81. The van der Waals surface area contributed by atoms with E-state index < -0.39 is 15.8 Å². The molecule has 3 aliphatic heterocycles. The largest absolute Gasteiger partial charge is 0.368 e. The number of piperidine rings is 3. The monoisotopic (exact) mass is 865 g/mol. The van der Waals surface area contributed by atoms with Gasteiger partial charge in [-0.15, -0.1) is 11.3 Å². The highest BCUT2D eigenvalue weighted by molar-refractivity contribution is 7.92. The van der Waals surface area contributed by atoms with Crippen LogP contribution in [0.25, 0.3) is 32.4 Å². The number of halogens is 1. The number of nitrogens with two attached hydrogens (primary N) is 1. The third-order valence-electron chi connectivity index (χ3n) is 11.8. The van der Waals surface area contributed by atoms with Crippen molar-refractivity contribution in [3.05, 3.63) is 90.0 Å². The number of rotatable bonds is 12. The fourth-order valence-corrected chi connectivity index (χ4v) is 10.7. The molecule has 0 radical (unpaired) electrons. The lowest BCUT2D eigenvalue weighted by atomic mass is 9.88. The second-order valence-corrected chi connectivity index (χ2v) is 18.8. The summed E-state index contributed by atoms with van der Waals surface area (Å²) in [5.74, 6) is 0.0235. The van der Waals surface area contributed by atoms with Crippen LogP contribution in [0.1, 0.15) is 81.3 Å². The van der Waals surface area contributed by atoms with E-state index >= 15 is 4.39 Å². The van der Waals surface area contributed by atoms with Crippen molar-refractivity contribution in [1.82, 2.24) is 30.2 Å². The predicted octanol–water partition coefficient (Wildman–Crippen LogP) is 6.74. The van der Waals surface area contributed by atoms with Gasteiger partial charge < -0.3 is 15.5 Å². The summed E-state index contributed by atoms with van der Waals surface area (Å²) >= 11 is 1.34. The molecule has 0 aliphatic carbocycles. The Kier molecular flexibility index (Phi) is 12.4. The van der Waals surface area contributed by atoms with Gasteiger partial charge in [0.25, 0.3) is 0 Å². The molecule has 17 heteroatoms. The SMILES string of the molecule is CCCS(=O)(=O)Nc1cccc(-c2nc(-c3ccc(C4CCN(C(=O)CC5CCN(c6ccc([C@@H]7CCC(=O)NC7=O)cn6)CC5)CC4)cc3)sc2-c2ccnc(N)n2)c1F. The number of sulfonamides is 1. The summed E-state index contributed by atoms with van der Waals surface area (Å²) in [6.45, 7) is 4.77. The van der Waals surface area contributed by atoms with E-state index in [2.05, 4.69) is 42.0 Å². The van der Waals surface area contributed by atoms with E-state index in [4.69, 9.17) is 10.7 Å². The highest BCUT2D eigenvalue weighted by Gasteiger charge is 2.31. The first-order chi connectivity index (χ1) is 29.4. The van der Waals surface area contributed by atoms with Gasteiger partial charge in [-0.3, -0.25) is 24.4 Å². The smallest absolute Gasteiger partial charge is 0.234 e. The standard InChI is InChI=1S/C44H48FN9O5S2/c1-2-24-61(58,59)52-34-5-3-4-33(39(34)45)40-41(35-14-19-47-44(46)49-35)60-43(51-40)30-8-6-28(7-9-30)29-17-22-54(23-18-29)38(56)25-27-15-20-53(21-16-27)36-12-10-31(26-48-36)32-11-13-37(55)50-42(32)57/h3-10,12,14,19,26-27,29,32,52H,2,11,13,15-18,20-25H2,1H3,(H2,46,47,49)(H,50,55,57)/t32-/m0/s1. The Morgan fingerprint density at radius 2 is 1.69 bits per heavy atom. The van der Waals surface area contributed by atoms with Crippen molar-refractivity contribution in [2.45, 2.75) is 70.1 Å². The molecule has 3 fully saturated rings. The second-order valence-electron chi connectivity index (χ2n) is 15.9. The van der Waals surface area contributed by atoms with Crippen molar-refractivity contribution in [3.63, 3.8) is 0 Å². The topological polar surface area (TPSA) is 193 Å². The van der Waals surface area contributed by atoms with Crippen LogP contribution in [-0.2, 0) is 24.4 Å². The van der Waals surface area contributed by atoms with E-state index in [1.807, 2.05) is 29.2 Å². The van der Waals surface area contributed by atoms with E-state index in [9.17, 15) is 22.8 Å². The Balaban J connectivity index is 0.874. The molecule has 3 aliphatic rings. The molecule has 0 spiro atoms. The molecule has 5 aromatic rings. The number of pyridine rings is 1. The molecular weight excluding hydrogens is 818 g/mol. The summed E-state index contributed by atoms with van der Waals surface area (Å²) in [6.07, 6.45) is 8.56. The van der Waals surface area contributed by atoms with Crippen molar-refractivity contribution in [1.29, 1.82) is 0 Å². The Bertz CT molecular complexity index is 2520. The highest BCUT2D eigenvalue weighted by Crippen LogP contribution is 2.42. The minimum absolute atomic E-state index is 0.0599. The number of hydrogen-bond donors (Lipinski definition) is 3. The summed E-state index contributed by atoms with van der Waals surface area (Å²) in [4.78, 5) is 60.0. The van der Waals surface area contributed by atoms with Crippen LogP contribution in [0.4, 0.5) is 21.8 Å². The first kappa shape index (κ1) is 41.9. The molecule has 3 saturated heterocycles. The number of hydrogen-bond acceptors (Lipinski definition) is 12. The average Bonchev–Trinajstić information content (AvgIpc) is 3.70.